The van der Waals surface area contributed by atoms with E-state index in [1.807, 2.05) is 0 Å². The van der Waals surface area contributed by atoms with Crippen molar-refractivity contribution in [2.24, 2.45) is 5.73 Å². The Hall–Kier alpha value is 0.0700. The fourth-order valence-corrected chi connectivity index (χ4v) is 2.77. The first kappa shape index (κ1) is 10.2. The molecular formula is C8H17NO2S. The second kappa shape index (κ2) is 5.67. The van der Waals surface area contributed by atoms with Gasteiger partial charge in [-0.3, -0.25) is 4.21 Å². The van der Waals surface area contributed by atoms with Gasteiger partial charge in [-0.1, -0.05) is 0 Å². The Labute approximate surface area is 76.1 Å². The molecule has 2 N–H and O–H groups in total. The lowest BCUT2D eigenvalue weighted by Crippen LogP contribution is -2.28. The zero-order chi connectivity index (χ0) is 8.81. The normalized spacial score (nSPS) is 26.9. The Balaban J connectivity index is 2.20. The Bertz CT molecular complexity index is 146. The van der Waals surface area contributed by atoms with E-state index in [1.54, 1.807) is 0 Å². The quantitative estimate of drug-likeness (QED) is 0.693. The molecule has 1 fully saturated rings. The molecule has 0 aromatic carbocycles. The van der Waals surface area contributed by atoms with E-state index in [1.165, 1.54) is 0 Å². The van der Waals surface area contributed by atoms with Crippen molar-refractivity contribution in [1.82, 2.24) is 0 Å². The fraction of sp³-hybridized carbons (Fsp3) is 1.00. The summed E-state index contributed by atoms with van der Waals surface area (Å²) in [6.45, 7) is 2.15. The molecule has 1 rings (SSSR count). The van der Waals surface area contributed by atoms with Crippen LogP contribution in [0.5, 0.6) is 0 Å². The van der Waals surface area contributed by atoms with Crippen LogP contribution in [0.4, 0.5) is 0 Å². The van der Waals surface area contributed by atoms with E-state index in [0.29, 0.717) is 13.2 Å². The lowest BCUT2D eigenvalue weighted by atomic mass is 10.2. The average Bonchev–Trinajstić information content (AvgIpc) is 2.15. The molecule has 0 bridgehead atoms. The Morgan fingerprint density at radius 2 is 2.42 bits per heavy atom. The second-order valence-electron chi connectivity index (χ2n) is 3.07. The van der Waals surface area contributed by atoms with Crippen molar-refractivity contribution >= 4 is 10.8 Å². The van der Waals surface area contributed by atoms with Crippen LogP contribution in [0, 0.1) is 0 Å². The summed E-state index contributed by atoms with van der Waals surface area (Å²) in [6, 6.07) is 0. The third-order valence-corrected chi connectivity index (χ3v) is 3.85. The van der Waals surface area contributed by atoms with Gasteiger partial charge in [-0.25, -0.2) is 0 Å². The molecule has 2 atom stereocenters. The molecule has 2 unspecified atom stereocenters. The summed E-state index contributed by atoms with van der Waals surface area (Å²) in [5, 5.41) is 0.269. The Kier molecular flexibility index (Phi) is 4.80. The van der Waals surface area contributed by atoms with Crippen molar-refractivity contribution in [2.75, 3.05) is 25.5 Å². The highest BCUT2D eigenvalue weighted by molar-refractivity contribution is 7.85. The SMILES string of the molecule is NCCCS(=O)C1CCCOC1. The first-order valence-electron chi connectivity index (χ1n) is 4.49. The van der Waals surface area contributed by atoms with Crippen molar-refractivity contribution in [3.63, 3.8) is 0 Å². The summed E-state index contributed by atoms with van der Waals surface area (Å²) in [4.78, 5) is 0. The predicted octanol–water partition coefficient (Wildman–Crippen LogP) is 0.263. The van der Waals surface area contributed by atoms with Crippen LogP contribution in [0.25, 0.3) is 0 Å². The van der Waals surface area contributed by atoms with Gasteiger partial charge in [-0.15, -0.1) is 0 Å². The van der Waals surface area contributed by atoms with Crippen LogP contribution in [-0.2, 0) is 15.5 Å². The van der Waals surface area contributed by atoms with Crippen LogP contribution < -0.4 is 5.73 Å². The van der Waals surface area contributed by atoms with Gasteiger partial charge in [0.15, 0.2) is 0 Å². The summed E-state index contributed by atoms with van der Waals surface area (Å²) >= 11 is 0. The molecule has 4 heteroatoms. The highest BCUT2D eigenvalue weighted by Gasteiger charge is 2.19. The van der Waals surface area contributed by atoms with Gasteiger partial charge in [0.05, 0.1) is 11.9 Å². The van der Waals surface area contributed by atoms with E-state index >= 15 is 0 Å². The largest absolute Gasteiger partial charge is 0.380 e. The molecule has 1 aliphatic heterocycles. The molecule has 1 heterocycles. The van der Waals surface area contributed by atoms with E-state index in [9.17, 15) is 4.21 Å². The molecule has 72 valence electrons. The number of nitrogens with two attached hydrogens (primary N) is 1. The maximum Gasteiger partial charge on any atom is 0.0609 e. The van der Waals surface area contributed by atoms with Crippen LogP contribution in [0.2, 0.25) is 0 Å². The molecule has 0 radical (unpaired) electrons. The number of ether oxygens (including phenoxy) is 1. The van der Waals surface area contributed by atoms with E-state index in [0.717, 1.165) is 31.6 Å². The van der Waals surface area contributed by atoms with Gasteiger partial charge >= 0.3 is 0 Å². The van der Waals surface area contributed by atoms with Gasteiger partial charge in [0.25, 0.3) is 0 Å². The standard InChI is InChI=1S/C8H17NO2S/c9-4-2-6-12(10)8-3-1-5-11-7-8/h8H,1-7,9H2. The molecule has 1 saturated heterocycles. The van der Waals surface area contributed by atoms with Gasteiger partial charge in [0, 0.05) is 23.2 Å². The lowest BCUT2D eigenvalue weighted by Gasteiger charge is -2.21. The molecule has 0 saturated carbocycles. The topological polar surface area (TPSA) is 52.3 Å². The molecule has 0 aromatic heterocycles. The summed E-state index contributed by atoms with van der Waals surface area (Å²) < 4.78 is 16.8. The zero-order valence-corrected chi connectivity index (χ0v) is 8.15. The van der Waals surface area contributed by atoms with Gasteiger partial charge in [-0.05, 0) is 25.8 Å². The molecule has 0 aliphatic carbocycles. The third kappa shape index (κ3) is 3.21. The minimum atomic E-state index is -0.711. The molecule has 1 aliphatic rings. The lowest BCUT2D eigenvalue weighted by molar-refractivity contribution is 0.100. The highest BCUT2D eigenvalue weighted by Crippen LogP contribution is 2.12. The first-order chi connectivity index (χ1) is 5.84. The average molecular weight is 191 g/mol. The molecule has 0 amide bonds. The molecule has 3 nitrogen and oxygen atoms in total. The highest BCUT2D eigenvalue weighted by atomic mass is 32.2. The summed E-state index contributed by atoms with van der Waals surface area (Å²) in [7, 11) is -0.711. The minimum Gasteiger partial charge on any atom is -0.380 e. The third-order valence-electron chi connectivity index (χ3n) is 2.04. The van der Waals surface area contributed by atoms with Crippen LogP contribution in [0.3, 0.4) is 0 Å². The first-order valence-corrected chi connectivity index (χ1v) is 5.88. The van der Waals surface area contributed by atoms with E-state index in [2.05, 4.69) is 0 Å². The van der Waals surface area contributed by atoms with Gasteiger partial charge < -0.3 is 10.5 Å². The van der Waals surface area contributed by atoms with Crippen molar-refractivity contribution in [2.45, 2.75) is 24.5 Å². The van der Waals surface area contributed by atoms with Crippen molar-refractivity contribution < 1.29 is 8.95 Å². The van der Waals surface area contributed by atoms with Crippen molar-refractivity contribution in [3.8, 4) is 0 Å². The summed E-state index contributed by atoms with van der Waals surface area (Å²) in [6.07, 6.45) is 2.97. The smallest absolute Gasteiger partial charge is 0.0609 e. The van der Waals surface area contributed by atoms with Gasteiger partial charge in [-0.2, -0.15) is 0 Å². The number of hydrogen-bond acceptors (Lipinski definition) is 3. The van der Waals surface area contributed by atoms with E-state index in [4.69, 9.17) is 10.5 Å². The van der Waals surface area contributed by atoms with Crippen LogP contribution in [0.15, 0.2) is 0 Å². The van der Waals surface area contributed by atoms with Crippen LogP contribution in [-0.4, -0.2) is 35.0 Å². The molecular weight excluding hydrogens is 174 g/mol. The van der Waals surface area contributed by atoms with E-state index < -0.39 is 10.8 Å². The summed E-state index contributed by atoms with van der Waals surface area (Å²) in [5.41, 5.74) is 5.34. The zero-order valence-electron chi connectivity index (χ0n) is 7.33. The number of hydrogen-bond donors (Lipinski definition) is 1. The fourth-order valence-electron chi connectivity index (χ4n) is 1.31. The van der Waals surface area contributed by atoms with Gasteiger partial charge in [0.2, 0.25) is 0 Å². The Morgan fingerprint density at radius 3 is 3.00 bits per heavy atom. The molecule has 0 aromatic rings. The van der Waals surface area contributed by atoms with E-state index in [-0.39, 0.29) is 5.25 Å². The molecule has 0 spiro atoms. The van der Waals surface area contributed by atoms with Crippen molar-refractivity contribution in [1.29, 1.82) is 0 Å². The van der Waals surface area contributed by atoms with Crippen molar-refractivity contribution in [3.05, 3.63) is 0 Å². The second-order valence-corrected chi connectivity index (χ2v) is 4.90. The monoisotopic (exact) mass is 191 g/mol. The number of rotatable bonds is 4. The summed E-state index contributed by atoms with van der Waals surface area (Å²) in [5.74, 6) is 0.741. The minimum absolute atomic E-state index is 0.269. The predicted molar refractivity (Wildman–Crippen MR) is 50.5 cm³/mol. The van der Waals surface area contributed by atoms with Crippen LogP contribution in [0.1, 0.15) is 19.3 Å². The maximum absolute atomic E-state index is 11.5. The molecule has 12 heavy (non-hydrogen) atoms. The Morgan fingerprint density at radius 1 is 1.58 bits per heavy atom. The van der Waals surface area contributed by atoms with Gasteiger partial charge in [0.1, 0.15) is 0 Å². The van der Waals surface area contributed by atoms with Crippen LogP contribution >= 0.6 is 0 Å². The maximum atomic E-state index is 11.5.